The van der Waals surface area contributed by atoms with E-state index in [9.17, 15) is 5.11 Å². The van der Waals surface area contributed by atoms with Crippen LogP contribution >= 0.6 is 11.6 Å². The smallest absolute Gasteiger partial charge is 0.166 e. The molecule has 6 heteroatoms. The first-order chi connectivity index (χ1) is 13.2. The van der Waals surface area contributed by atoms with Crippen LogP contribution in [0.3, 0.4) is 0 Å². The van der Waals surface area contributed by atoms with Gasteiger partial charge in [-0.25, -0.2) is 0 Å². The number of aliphatic hydroxyl groups excluding tert-OH is 1. The summed E-state index contributed by atoms with van der Waals surface area (Å²) in [4.78, 5) is 0. The summed E-state index contributed by atoms with van der Waals surface area (Å²) < 4.78 is 16.7. The van der Waals surface area contributed by atoms with Crippen molar-refractivity contribution in [2.24, 2.45) is 5.41 Å². The number of anilines is 1. The molecule has 28 heavy (non-hydrogen) atoms. The van der Waals surface area contributed by atoms with E-state index in [1.54, 1.807) is 38.5 Å². The standard InChI is InChI=1S/C22H30ClNO4/c1-7-28-18-12-14(23)11-16(19(18)24-13-22(2,3)4)20(25)15-9-8-10-17(26-5)21(15)27-6/h8-12,20,24-25H,7,13H2,1-6H3/t20-/m1/s1. The Bertz CT molecular complexity index is 802. The lowest BCUT2D eigenvalue weighted by Crippen LogP contribution is -2.21. The maximum atomic E-state index is 11.3. The second-order valence-corrected chi connectivity index (χ2v) is 8.14. The Morgan fingerprint density at radius 2 is 1.79 bits per heavy atom. The van der Waals surface area contributed by atoms with Gasteiger partial charge in [0, 0.05) is 28.8 Å². The van der Waals surface area contributed by atoms with Crippen LogP contribution in [0.4, 0.5) is 5.69 Å². The van der Waals surface area contributed by atoms with Gasteiger partial charge in [-0.15, -0.1) is 0 Å². The minimum atomic E-state index is -0.981. The Balaban J connectivity index is 2.59. The number of methoxy groups -OCH3 is 2. The van der Waals surface area contributed by atoms with Crippen LogP contribution in [0.5, 0.6) is 17.2 Å². The van der Waals surface area contributed by atoms with Crippen LogP contribution in [-0.4, -0.2) is 32.5 Å². The number of halogens is 1. The monoisotopic (exact) mass is 407 g/mol. The fourth-order valence-electron chi connectivity index (χ4n) is 2.92. The number of hydrogen-bond donors (Lipinski definition) is 2. The molecule has 0 saturated heterocycles. The van der Waals surface area contributed by atoms with E-state index in [1.165, 1.54) is 0 Å². The van der Waals surface area contributed by atoms with Crippen molar-refractivity contribution in [3.63, 3.8) is 0 Å². The SMILES string of the molecule is CCOc1cc(Cl)cc([C@H](O)c2cccc(OC)c2OC)c1NCC(C)(C)C. The Labute approximate surface area is 172 Å². The van der Waals surface area contributed by atoms with Gasteiger partial charge in [-0.1, -0.05) is 44.5 Å². The van der Waals surface area contributed by atoms with Crippen LogP contribution in [-0.2, 0) is 0 Å². The second-order valence-electron chi connectivity index (χ2n) is 7.70. The molecule has 0 saturated carbocycles. The fourth-order valence-corrected chi connectivity index (χ4v) is 3.14. The molecule has 0 spiro atoms. The Kier molecular flexibility index (Phi) is 7.44. The van der Waals surface area contributed by atoms with E-state index in [4.69, 9.17) is 25.8 Å². The Hall–Kier alpha value is -2.11. The summed E-state index contributed by atoms with van der Waals surface area (Å²) in [6, 6.07) is 8.92. The first kappa shape index (κ1) is 22.2. The molecule has 2 N–H and O–H groups in total. The number of hydrogen-bond acceptors (Lipinski definition) is 5. The van der Waals surface area contributed by atoms with Crippen molar-refractivity contribution in [1.29, 1.82) is 0 Å². The molecule has 0 heterocycles. The highest BCUT2D eigenvalue weighted by atomic mass is 35.5. The number of rotatable bonds is 8. The van der Waals surface area contributed by atoms with Crippen LogP contribution in [0.25, 0.3) is 0 Å². The minimum Gasteiger partial charge on any atom is -0.493 e. The van der Waals surface area contributed by atoms with Gasteiger partial charge in [-0.2, -0.15) is 0 Å². The maximum Gasteiger partial charge on any atom is 0.166 e. The summed E-state index contributed by atoms with van der Waals surface area (Å²) in [6.45, 7) is 9.51. The third-order valence-electron chi connectivity index (χ3n) is 4.22. The largest absolute Gasteiger partial charge is 0.493 e. The average molecular weight is 408 g/mol. The first-order valence-corrected chi connectivity index (χ1v) is 9.68. The molecule has 0 unspecified atom stereocenters. The van der Waals surface area contributed by atoms with Gasteiger partial charge in [0.2, 0.25) is 0 Å². The first-order valence-electron chi connectivity index (χ1n) is 9.31. The molecule has 0 amide bonds. The average Bonchev–Trinajstić information content (AvgIpc) is 2.64. The van der Waals surface area contributed by atoms with Crippen LogP contribution in [0, 0.1) is 5.41 Å². The quantitative estimate of drug-likeness (QED) is 0.622. The van der Waals surface area contributed by atoms with E-state index in [2.05, 4.69) is 26.1 Å². The summed E-state index contributed by atoms with van der Waals surface area (Å²) in [5, 5.41) is 15.2. The molecule has 0 fully saturated rings. The highest BCUT2D eigenvalue weighted by Gasteiger charge is 2.25. The highest BCUT2D eigenvalue weighted by Crippen LogP contribution is 2.43. The van der Waals surface area contributed by atoms with Crippen molar-refractivity contribution in [2.75, 3.05) is 32.7 Å². The summed E-state index contributed by atoms with van der Waals surface area (Å²) >= 11 is 6.34. The van der Waals surface area contributed by atoms with Gasteiger partial charge in [0.25, 0.3) is 0 Å². The molecule has 2 rings (SSSR count). The van der Waals surface area contributed by atoms with Crippen molar-refractivity contribution in [1.82, 2.24) is 0 Å². The van der Waals surface area contributed by atoms with Gasteiger partial charge in [-0.05, 0) is 24.5 Å². The normalized spacial score (nSPS) is 12.4. The minimum absolute atomic E-state index is 0.0407. The van der Waals surface area contributed by atoms with Crippen molar-refractivity contribution < 1.29 is 19.3 Å². The van der Waals surface area contributed by atoms with Crippen molar-refractivity contribution in [3.05, 3.63) is 46.5 Å². The summed E-state index contributed by atoms with van der Waals surface area (Å²) in [5.74, 6) is 1.64. The third-order valence-corrected chi connectivity index (χ3v) is 4.43. The molecule has 154 valence electrons. The fraction of sp³-hybridized carbons (Fsp3) is 0.455. The molecule has 5 nitrogen and oxygen atoms in total. The molecular formula is C22H30ClNO4. The molecule has 0 aliphatic carbocycles. The van der Waals surface area contributed by atoms with Crippen LogP contribution in [0.2, 0.25) is 5.02 Å². The lowest BCUT2D eigenvalue weighted by molar-refractivity contribution is 0.213. The van der Waals surface area contributed by atoms with E-state index >= 15 is 0 Å². The number of benzene rings is 2. The predicted octanol–water partition coefficient (Wildman–Crippen LogP) is 5.30. The molecule has 0 aliphatic heterocycles. The Morgan fingerprint density at radius 3 is 2.36 bits per heavy atom. The van der Waals surface area contributed by atoms with Gasteiger partial charge in [0.1, 0.15) is 11.9 Å². The van der Waals surface area contributed by atoms with Crippen molar-refractivity contribution >= 4 is 17.3 Å². The zero-order valence-corrected chi connectivity index (χ0v) is 18.2. The van der Waals surface area contributed by atoms with Crippen LogP contribution in [0.15, 0.2) is 30.3 Å². The topological polar surface area (TPSA) is 60.0 Å². The molecule has 0 aliphatic rings. The molecule has 1 atom stereocenters. The zero-order chi connectivity index (χ0) is 20.9. The summed E-state index contributed by atoms with van der Waals surface area (Å²) in [7, 11) is 3.12. The summed E-state index contributed by atoms with van der Waals surface area (Å²) in [5.41, 5.74) is 1.97. The number of para-hydroxylation sites is 1. The lowest BCUT2D eigenvalue weighted by atomic mass is 9.95. The van der Waals surface area contributed by atoms with Gasteiger partial charge >= 0.3 is 0 Å². The molecular weight excluding hydrogens is 378 g/mol. The van der Waals surface area contributed by atoms with Gasteiger partial charge in [0.15, 0.2) is 11.5 Å². The third kappa shape index (κ3) is 5.24. The number of ether oxygens (including phenoxy) is 3. The van der Waals surface area contributed by atoms with Crippen LogP contribution in [0.1, 0.15) is 44.9 Å². The van der Waals surface area contributed by atoms with Gasteiger partial charge in [-0.3, -0.25) is 0 Å². The van der Waals surface area contributed by atoms with E-state index in [0.29, 0.717) is 46.5 Å². The van der Waals surface area contributed by atoms with E-state index in [-0.39, 0.29) is 5.41 Å². The van der Waals surface area contributed by atoms with Crippen molar-refractivity contribution in [3.8, 4) is 17.2 Å². The molecule has 2 aromatic carbocycles. The highest BCUT2D eigenvalue weighted by molar-refractivity contribution is 6.31. The van der Waals surface area contributed by atoms with E-state index in [1.807, 2.05) is 13.0 Å². The molecule has 0 radical (unpaired) electrons. The maximum absolute atomic E-state index is 11.3. The molecule has 0 bridgehead atoms. The lowest BCUT2D eigenvalue weighted by Gasteiger charge is -2.25. The van der Waals surface area contributed by atoms with E-state index in [0.717, 1.165) is 5.69 Å². The number of aliphatic hydroxyl groups is 1. The number of nitrogens with one attached hydrogen (secondary N) is 1. The van der Waals surface area contributed by atoms with E-state index < -0.39 is 6.10 Å². The Morgan fingerprint density at radius 1 is 1.07 bits per heavy atom. The molecule has 2 aromatic rings. The second kappa shape index (κ2) is 9.39. The molecule has 0 aromatic heterocycles. The zero-order valence-electron chi connectivity index (χ0n) is 17.4. The predicted molar refractivity (Wildman–Crippen MR) is 114 cm³/mol. The van der Waals surface area contributed by atoms with Crippen molar-refractivity contribution in [2.45, 2.75) is 33.8 Å². The van der Waals surface area contributed by atoms with Gasteiger partial charge in [0.05, 0.1) is 26.5 Å². The van der Waals surface area contributed by atoms with Crippen LogP contribution < -0.4 is 19.5 Å². The summed E-state index contributed by atoms with van der Waals surface area (Å²) in [6.07, 6.45) is -0.981. The van der Waals surface area contributed by atoms with Gasteiger partial charge < -0.3 is 24.6 Å².